The number of hydrogen-bond donors (Lipinski definition) is 1. The van der Waals surface area contributed by atoms with E-state index in [1.165, 1.54) is 6.33 Å². The molecule has 0 aliphatic carbocycles. The SMILES string of the molecule is CN(C/C=C/C(=O)N1CCC(n2nc(-c3ccc(Oc4ccccc4)cc3)c3c(N)ncnc32)C1)c1ccccn1. The lowest BCUT2D eigenvalue weighted by molar-refractivity contribution is -0.125. The van der Waals surface area contributed by atoms with Gasteiger partial charge in [-0.1, -0.05) is 30.3 Å². The summed E-state index contributed by atoms with van der Waals surface area (Å²) in [6.07, 6.45) is 7.47. The summed E-state index contributed by atoms with van der Waals surface area (Å²) in [4.78, 5) is 29.9. The monoisotopic (exact) mass is 546 g/mol. The van der Waals surface area contributed by atoms with Gasteiger partial charge in [-0.25, -0.2) is 19.6 Å². The standard InChI is InChI=1S/C31H30N8O2/c1-37(26-10-5-6-17-33-26)18-7-11-27(40)38-19-16-23(20-38)39-31-28(30(32)34-21-35-31)29(36-39)22-12-14-25(15-13-22)41-24-8-3-2-4-9-24/h2-15,17,21,23H,16,18-20H2,1H3,(H2,32,34,35)/b11-7+. The Bertz CT molecular complexity index is 1670. The summed E-state index contributed by atoms with van der Waals surface area (Å²) in [5.74, 6) is 2.68. The number of hydrogen-bond acceptors (Lipinski definition) is 8. The number of rotatable bonds is 8. The molecule has 2 N–H and O–H groups in total. The Morgan fingerprint density at radius 3 is 2.59 bits per heavy atom. The number of para-hydroxylation sites is 1. The van der Waals surface area contributed by atoms with E-state index in [1.54, 1.807) is 12.3 Å². The van der Waals surface area contributed by atoms with Gasteiger partial charge in [0, 0.05) is 44.5 Å². The maximum atomic E-state index is 13.0. The van der Waals surface area contributed by atoms with Crippen LogP contribution in [0.2, 0.25) is 0 Å². The smallest absolute Gasteiger partial charge is 0.246 e. The van der Waals surface area contributed by atoms with Crippen LogP contribution >= 0.6 is 0 Å². The maximum absolute atomic E-state index is 13.0. The number of amides is 1. The minimum Gasteiger partial charge on any atom is -0.457 e. The van der Waals surface area contributed by atoms with Gasteiger partial charge in [0.1, 0.15) is 35.2 Å². The number of nitrogen functional groups attached to an aromatic ring is 1. The quantitative estimate of drug-likeness (QED) is 0.278. The summed E-state index contributed by atoms with van der Waals surface area (Å²) >= 11 is 0. The van der Waals surface area contributed by atoms with Gasteiger partial charge in [0.05, 0.1) is 11.4 Å². The van der Waals surface area contributed by atoms with Gasteiger partial charge in [-0.15, -0.1) is 0 Å². The van der Waals surface area contributed by atoms with Crippen LogP contribution in [0.3, 0.4) is 0 Å². The van der Waals surface area contributed by atoms with Gasteiger partial charge >= 0.3 is 0 Å². The van der Waals surface area contributed by atoms with Crippen LogP contribution in [-0.2, 0) is 4.79 Å². The third kappa shape index (κ3) is 5.58. The van der Waals surface area contributed by atoms with Crippen LogP contribution < -0.4 is 15.4 Å². The second kappa shape index (κ2) is 11.5. The third-order valence-corrected chi connectivity index (χ3v) is 7.13. The Hall–Kier alpha value is -5.25. The Balaban J connectivity index is 1.18. The number of likely N-dealkylation sites (tertiary alicyclic amines) is 1. The van der Waals surface area contributed by atoms with Crippen LogP contribution in [-0.4, -0.2) is 62.2 Å². The highest BCUT2D eigenvalue weighted by Gasteiger charge is 2.30. The summed E-state index contributed by atoms with van der Waals surface area (Å²) in [6.45, 7) is 1.74. The number of fused-ring (bicyclic) bond motifs is 1. The van der Waals surface area contributed by atoms with Crippen LogP contribution in [0.1, 0.15) is 12.5 Å². The molecule has 1 atom stereocenters. The number of carbonyl (C=O) groups is 1. The number of nitrogens with zero attached hydrogens (tertiary/aromatic N) is 7. The lowest BCUT2D eigenvalue weighted by Gasteiger charge is -2.17. The fourth-order valence-electron chi connectivity index (χ4n) is 4.99. The third-order valence-electron chi connectivity index (χ3n) is 7.13. The summed E-state index contributed by atoms with van der Waals surface area (Å²) in [6, 6.07) is 23.1. The van der Waals surface area contributed by atoms with Crippen LogP contribution in [0.25, 0.3) is 22.3 Å². The summed E-state index contributed by atoms with van der Waals surface area (Å²) in [5.41, 5.74) is 8.56. The Kier molecular flexibility index (Phi) is 7.27. The number of carbonyl (C=O) groups excluding carboxylic acids is 1. The number of ether oxygens (including phenoxy) is 1. The van der Waals surface area contributed by atoms with Crippen molar-refractivity contribution in [1.29, 1.82) is 0 Å². The molecule has 1 fully saturated rings. The largest absolute Gasteiger partial charge is 0.457 e. The first kappa shape index (κ1) is 26.0. The normalized spacial score (nSPS) is 15.0. The van der Waals surface area contributed by atoms with Crippen molar-refractivity contribution in [3.05, 3.63) is 97.5 Å². The van der Waals surface area contributed by atoms with E-state index >= 15 is 0 Å². The number of benzene rings is 2. The fraction of sp³-hybridized carbons (Fsp3) is 0.194. The Labute approximate surface area is 237 Å². The molecule has 1 amide bonds. The molecule has 3 aromatic heterocycles. The van der Waals surface area contributed by atoms with Crippen molar-refractivity contribution in [1.82, 2.24) is 29.6 Å². The van der Waals surface area contributed by atoms with E-state index in [9.17, 15) is 4.79 Å². The highest BCUT2D eigenvalue weighted by atomic mass is 16.5. The first-order valence-electron chi connectivity index (χ1n) is 13.5. The molecule has 6 rings (SSSR count). The molecular formula is C31H30N8O2. The van der Waals surface area contributed by atoms with Gasteiger partial charge in [0.25, 0.3) is 0 Å². The van der Waals surface area contributed by atoms with Gasteiger partial charge in [-0.05, 0) is 55.0 Å². The topological polar surface area (TPSA) is 115 Å². The van der Waals surface area contributed by atoms with E-state index in [-0.39, 0.29) is 11.9 Å². The molecule has 0 radical (unpaired) electrons. The highest BCUT2D eigenvalue weighted by Crippen LogP contribution is 2.35. The summed E-state index contributed by atoms with van der Waals surface area (Å²) in [7, 11) is 1.95. The molecule has 2 aromatic carbocycles. The minimum absolute atomic E-state index is 0.0262. The van der Waals surface area contributed by atoms with Gasteiger partial charge in [-0.3, -0.25) is 4.79 Å². The predicted molar refractivity (Wildman–Crippen MR) is 159 cm³/mol. The first-order valence-corrected chi connectivity index (χ1v) is 13.5. The zero-order chi connectivity index (χ0) is 28.2. The number of anilines is 2. The van der Waals surface area contributed by atoms with E-state index in [4.69, 9.17) is 15.6 Å². The number of pyridine rings is 1. The van der Waals surface area contributed by atoms with E-state index in [1.807, 2.05) is 100 Å². The zero-order valence-corrected chi connectivity index (χ0v) is 22.7. The Morgan fingerprint density at radius 2 is 1.80 bits per heavy atom. The molecule has 0 saturated carbocycles. The van der Waals surface area contributed by atoms with Crippen molar-refractivity contribution in [3.8, 4) is 22.8 Å². The maximum Gasteiger partial charge on any atom is 0.246 e. The summed E-state index contributed by atoms with van der Waals surface area (Å²) < 4.78 is 7.83. The molecule has 206 valence electrons. The average molecular weight is 547 g/mol. The number of nitrogens with two attached hydrogens (primary N) is 1. The van der Waals surface area contributed by atoms with E-state index in [0.717, 1.165) is 29.3 Å². The number of aromatic nitrogens is 5. The van der Waals surface area contributed by atoms with Crippen molar-refractivity contribution in [2.75, 3.05) is 37.3 Å². The van der Waals surface area contributed by atoms with E-state index < -0.39 is 0 Å². The van der Waals surface area contributed by atoms with Gasteiger partial charge in [0.15, 0.2) is 5.65 Å². The molecule has 1 aliphatic rings. The van der Waals surface area contributed by atoms with Crippen LogP contribution in [0.4, 0.5) is 11.6 Å². The molecule has 5 aromatic rings. The van der Waals surface area contributed by atoms with Crippen LogP contribution in [0.15, 0.2) is 97.5 Å². The molecule has 10 nitrogen and oxygen atoms in total. The average Bonchev–Trinajstić information content (AvgIpc) is 3.65. The molecule has 1 saturated heterocycles. The lowest BCUT2D eigenvalue weighted by Crippen LogP contribution is -2.28. The van der Waals surface area contributed by atoms with Crippen molar-refractivity contribution < 1.29 is 9.53 Å². The second-order valence-corrected chi connectivity index (χ2v) is 9.89. The fourth-order valence-corrected chi connectivity index (χ4v) is 4.99. The Morgan fingerprint density at radius 1 is 1.02 bits per heavy atom. The zero-order valence-electron chi connectivity index (χ0n) is 22.7. The molecular weight excluding hydrogens is 516 g/mol. The second-order valence-electron chi connectivity index (χ2n) is 9.89. The van der Waals surface area contributed by atoms with E-state index in [0.29, 0.717) is 42.2 Å². The van der Waals surface area contributed by atoms with Crippen molar-refractivity contribution >= 4 is 28.6 Å². The van der Waals surface area contributed by atoms with Crippen LogP contribution in [0, 0.1) is 0 Å². The molecule has 0 spiro atoms. The van der Waals surface area contributed by atoms with Gasteiger partial charge in [-0.2, -0.15) is 5.10 Å². The van der Waals surface area contributed by atoms with E-state index in [2.05, 4.69) is 15.0 Å². The first-order chi connectivity index (χ1) is 20.1. The summed E-state index contributed by atoms with van der Waals surface area (Å²) in [5, 5.41) is 5.65. The molecule has 1 aliphatic heterocycles. The molecule has 0 bridgehead atoms. The van der Waals surface area contributed by atoms with Crippen LogP contribution in [0.5, 0.6) is 11.5 Å². The van der Waals surface area contributed by atoms with Gasteiger partial charge < -0.3 is 20.3 Å². The minimum atomic E-state index is -0.0326. The predicted octanol–water partition coefficient (Wildman–Crippen LogP) is 4.73. The molecule has 1 unspecified atom stereocenters. The van der Waals surface area contributed by atoms with Crippen molar-refractivity contribution in [2.45, 2.75) is 12.5 Å². The highest BCUT2D eigenvalue weighted by molar-refractivity contribution is 5.98. The lowest BCUT2D eigenvalue weighted by atomic mass is 10.1. The molecule has 41 heavy (non-hydrogen) atoms. The number of likely N-dealkylation sites (N-methyl/N-ethyl adjacent to an activating group) is 1. The molecule has 4 heterocycles. The molecule has 10 heteroatoms. The van der Waals surface area contributed by atoms with Crippen molar-refractivity contribution in [2.24, 2.45) is 0 Å². The van der Waals surface area contributed by atoms with Gasteiger partial charge in [0.2, 0.25) is 5.91 Å². The van der Waals surface area contributed by atoms with Crippen molar-refractivity contribution in [3.63, 3.8) is 0 Å².